The zero-order valence-electron chi connectivity index (χ0n) is 11.9. The predicted molar refractivity (Wildman–Crippen MR) is 75.1 cm³/mol. The smallest absolute Gasteiger partial charge is 0.305 e. The molecule has 0 spiro atoms. The molecule has 1 fully saturated rings. The van der Waals surface area contributed by atoms with Crippen molar-refractivity contribution in [1.82, 2.24) is 4.90 Å². The molecule has 0 saturated carbocycles. The van der Waals surface area contributed by atoms with Crippen LogP contribution >= 0.6 is 0 Å². The third kappa shape index (κ3) is 4.19. The summed E-state index contributed by atoms with van der Waals surface area (Å²) in [6.07, 6.45) is -0.786. The van der Waals surface area contributed by atoms with E-state index in [2.05, 4.69) is 0 Å². The number of ether oxygens (including phenoxy) is 2. The standard InChI is InChI=1S/C15H19NO5/c1-11(21-13-5-3-2-4-6-13)15(19)16-7-8-20-10-12(16)9-14(17)18/h2-6,11-12H,7-10H2,1H3,(H,17,18). The fourth-order valence-electron chi connectivity index (χ4n) is 2.30. The van der Waals surface area contributed by atoms with Gasteiger partial charge < -0.3 is 19.5 Å². The van der Waals surface area contributed by atoms with E-state index in [1.165, 1.54) is 0 Å². The summed E-state index contributed by atoms with van der Waals surface area (Å²) in [7, 11) is 0. The Balaban J connectivity index is 2.00. The molecule has 2 atom stereocenters. The van der Waals surface area contributed by atoms with Crippen molar-refractivity contribution in [3.63, 3.8) is 0 Å². The molecule has 0 aliphatic carbocycles. The summed E-state index contributed by atoms with van der Waals surface area (Å²) in [6.45, 7) is 2.72. The van der Waals surface area contributed by atoms with E-state index in [9.17, 15) is 9.59 Å². The first-order valence-electron chi connectivity index (χ1n) is 6.89. The van der Waals surface area contributed by atoms with Gasteiger partial charge in [-0.3, -0.25) is 9.59 Å². The molecule has 1 amide bonds. The first kappa shape index (κ1) is 15.3. The van der Waals surface area contributed by atoms with Crippen LogP contribution in [-0.4, -0.2) is 53.8 Å². The van der Waals surface area contributed by atoms with Crippen LogP contribution < -0.4 is 4.74 Å². The van der Waals surface area contributed by atoms with Crippen LogP contribution in [0.3, 0.4) is 0 Å². The summed E-state index contributed by atoms with van der Waals surface area (Å²) >= 11 is 0. The van der Waals surface area contributed by atoms with Crippen molar-refractivity contribution in [3.05, 3.63) is 30.3 Å². The number of carbonyl (C=O) groups excluding carboxylic acids is 1. The molecule has 1 aromatic carbocycles. The van der Waals surface area contributed by atoms with E-state index in [0.717, 1.165) is 0 Å². The van der Waals surface area contributed by atoms with Gasteiger partial charge in [0.05, 0.1) is 25.7 Å². The van der Waals surface area contributed by atoms with Crippen LogP contribution in [0.15, 0.2) is 30.3 Å². The molecule has 1 heterocycles. The number of carbonyl (C=O) groups is 2. The third-order valence-corrected chi connectivity index (χ3v) is 3.32. The highest BCUT2D eigenvalue weighted by atomic mass is 16.5. The fraction of sp³-hybridized carbons (Fsp3) is 0.467. The van der Waals surface area contributed by atoms with Gasteiger partial charge in [0.25, 0.3) is 5.91 Å². The Morgan fingerprint density at radius 1 is 1.43 bits per heavy atom. The molecule has 1 aromatic rings. The number of nitrogens with zero attached hydrogens (tertiary/aromatic N) is 1. The first-order chi connectivity index (χ1) is 10.1. The summed E-state index contributed by atoms with van der Waals surface area (Å²) < 4.78 is 10.9. The quantitative estimate of drug-likeness (QED) is 0.881. The fourth-order valence-corrected chi connectivity index (χ4v) is 2.30. The SMILES string of the molecule is CC(Oc1ccccc1)C(=O)N1CCOCC1CC(=O)O. The molecule has 1 N–H and O–H groups in total. The van der Waals surface area contributed by atoms with Crippen molar-refractivity contribution in [1.29, 1.82) is 0 Å². The normalized spacial score (nSPS) is 19.9. The number of aliphatic carboxylic acids is 1. The van der Waals surface area contributed by atoms with E-state index in [-0.39, 0.29) is 18.9 Å². The molecule has 6 nitrogen and oxygen atoms in total. The van der Waals surface area contributed by atoms with Gasteiger partial charge in [0.2, 0.25) is 0 Å². The van der Waals surface area contributed by atoms with Gasteiger partial charge >= 0.3 is 5.97 Å². The molecular formula is C15H19NO5. The molecule has 1 saturated heterocycles. The van der Waals surface area contributed by atoms with Gasteiger partial charge in [-0.15, -0.1) is 0 Å². The Hall–Kier alpha value is -2.08. The van der Waals surface area contributed by atoms with Crippen molar-refractivity contribution in [2.24, 2.45) is 0 Å². The Bertz CT molecular complexity index is 490. The van der Waals surface area contributed by atoms with Crippen LogP contribution in [0, 0.1) is 0 Å². The second-order valence-corrected chi connectivity index (χ2v) is 4.93. The van der Waals surface area contributed by atoms with Gasteiger partial charge in [-0.25, -0.2) is 0 Å². The third-order valence-electron chi connectivity index (χ3n) is 3.32. The Morgan fingerprint density at radius 2 is 2.14 bits per heavy atom. The number of benzene rings is 1. The lowest BCUT2D eigenvalue weighted by Gasteiger charge is -2.36. The van der Waals surface area contributed by atoms with Crippen molar-refractivity contribution < 1.29 is 24.2 Å². The molecule has 0 radical (unpaired) electrons. The van der Waals surface area contributed by atoms with E-state index in [1.807, 2.05) is 18.2 Å². The summed E-state index contributed by atoms with van der Waals surface area (Å²) in [5, 5.41) is 8.91. The van der Waals surface area contributed by atoms with Gasteiger partial charge in [-0.05, 0) is 19.1 Å². The Kier molecular flexibility index (Phi) is 5.16. The highest BCUT2D eigenvalue weighted by Gasteiger charge is 2.32. The number of carboxylic acid groups (broad SMARTS) is 1. The van der Waals surface area contributed by atoms with Crippen LogP contribution in [0.1, 0.15) is 13.3 Å². The van der Waals surface area contributed by atoms with E-state index in [4.69, 9.17) is 14.6 Å². The highest BCUT2D eigenvalue weighted by molar-refractivity contribution is 5.82. The maximum Gasteiger partial charge on any atom is 0.305 e. The Labute approximate surface area is 123 Å². The number of morpholine rings is 1. The number of carboxylic acids is 1. The molecule has 1 aliphatic heterocycles. The summed E-state index contributed by atoms with van der Waals surface area (Å²) in [4.78, 5) is 24.9. The zero-order chi connectivity index (χ0) is 15.2. The predicted octanol–water partition coefficient (Wildman–Crippen LogP) is 1.16. The maximum atomic E-state index is 12.4. The molecule has 0 bridgehead atoms. The molecule has 2 rings (SSSR count). The molecular weight excluding hydrogens is 274 g/mol. The van der Waals surface area contributed by atoms with Crippen molar-refractivity contribution in [2.45, 2.75) is 25.5 Å². The maximum absolute atomic E-state index is 12.4. The minimum absolute atomic E-state index is 0.121. The Morgan fingerprint density at radius 3 is 2.81 bits per heavy atom. The van der Waals surface area contributed by atoms with E-state index < -0.39 is 18.1 Å². The van der Waals surface area contributed by atoms with Gasteiger partial charge in [-0.1, -0.05) is 18.2 Å². The van der Waals surface area contributed by atoms with Crippen LogP contribution in [-0.2, 0) is 14.3 Å². The largest absolute Gasteiger partial charge is 0.481 e. The second-order valence-electron chi connectivity index (χ2n) is 4.93. The second kappa shape index (κ2) is 7.08. The molecule has 6 heteroatoms. The number of para-hydroxylation sites is 1. The summed E-state index contributed by atoms with van der Waals surface area (Å²) in [5.41, 5.74) is 0. The molecule has 0 aromatic heterocycles. The monoisotopic (exact) mass is 293 g/mol. The van der Waals surface area contributed by atoms with E-state index in [0.29, 0.717) is 18.9 Å². The number of rotatable bonds is 5. The first-order valence-corrected chi connectivity index (χ1v) is 6.89. The zero-order valence-corrected chi connectivity index (χ0v) is 11.9. The lowest BCUT2D eigenvalue weighted by molar-refractivity contribution is -0.150. The lowest BCUT2D eigenvalue weighted by Crippen LogP contribution is -2.53. The van der Waals surface area contributed by atoms with Crippen LogP contribution in [0.25, 0.3) is 0 Å². The minimum atomic E-state index is -0.945. The molecule has 21 heavy (non-hydrogen) atoms. The average Bonchev–Trinajstić information content (AvgIpc) is 2.47. The van der Waals surface area contributed by atoms with Crippen molar-refractivity contribution >= 4 is 11.9 Å². The summed E-state index contributed by atoms with van der Waals surface area (Å²) in [5.74, 6) is -0.547. The lowest BCUT2D eigenvalue weighted by atomic mass is 10.1. The van der Waals surface area contributed by atoms with Gasteiger partial charge in [-0.2, -0.15) is 0 Å². The number of amides is 1. The highest BCUT2D eigenvalue weighted by Crippen LogP contribution is 2.16. The summed E-state index contributed by atoms with van der Waals surface area (Å²) in [6, 6.07) is 8.63. The van der Waals surface area contributed by atoms with Crippen molar-refractivity contribution in [3.8, 4) is 5.75 Å². The van der Waals surface area contributed by atoms with Crippen LogP contribution in [0.4, 0.5) is 0 Å². The number of hydrogen-bond acceptors (Lipinski definition) is 4. The van der Waals surface area contributed by atoms with Crippen LogP contribution in [0.2, 0.25) is 0 Å². The van der Waals surface area contributed by atoms with E-state index in [1.54, 1.807) is 24.0 Å². The van der Waals surface area contributed by atoms with Crippen molar-refractivity contribution in [2.75, 3.05) is 19.8 Å². The molecule has 1 aliphatic rings. The molecule has 2 unspecified atom stereocenters. The van der Waals surface area contributed by atoms with Gasteiger partial charge in [0, 0.05) is 6.54 Å². The molecule has 114 valence electrons. The van der Waals surface area contributed by atoms with Gasteiger partial charge in [0.15, 0.2) is 6.10 Å². The van der Waals surface area contributed by atoms with Crippen LogP contribution in [0.5, 0.6) is 5.75 Å². The minimum Gasteiger partial charge on any atom is -0.481 e. The number of hydrogen-bond donors (Lipinski definition) is 1. The van der Waals surface area contributed by atoms with Gasteiger partial charge in [0.1, 0.15) is 5.75 Å². The van der Waals surface area contributed by atoms with E-state index >= 15 is 0 Å². The topological polar surface area (TPSA) is 76.1 Å². The average molecular weight is 293 g/mol.